The number of hydrazine groups is 1. The molecule has 30 heavy (non-hydrogen) atoms. The lowest BCUT2D eigenvalue weighted by molar-refractivity contribution is -0.123. The van der Waals surface area contributed by atoms with Crippen LogP contribution in [-0.4, -0.2) is 30.1 Å². The molecule has 0 atom stereocenters. The second-order valence-corrected chi connectivity index (χ2v) is 8.42. The van der Waals surface area contributed by atoms with Crippen LogP contribution in [0, 0.1) is 0 Å². The molecule has 0 bridgehead atoms. The van der Waals surface area contributed by atoms with Crippen LogP contribution in [-0.2, 0) is 4.79 Å². The van der Waals surface area contributed by atoms with Crippen molar-refractivity contribution in [3.05, 3.63) is 55.9 Å². The van der Waals surface area contributed by atoms with Crippen LogP contribution in [0.25, 0.3) is 0 Å². The van der Waals surface area contributed by atoms with Crippen molar-refractivity contribution in [2.45, 2.75) is 13.3 Å². The Kier molecular flexibility index (Phi) is 9.83. The summed E-state index contributed by atoms with van der Waals surface area (Å²) in [5.41, 5.74) is 5.11. The van der Waals surface area contributed by atoms with Gasteiger partial charge in [-0.2, -0.15) is 0 Å². The molecule has 0 heterocycles. The van der Waals surface area contributed by atoms with Crippen molar-refractivity contribution in [3.63, 3.8) is 0 Å². The van der Waals surface area contributed by atoms with Gasteiger partial charge in [0.2, 0.25) is 0 Å². The van der Waals surface area contributed by atoms with Gasteiger partial charge in [-0.05, 0) is 71.0 Å². The number of amides is 2. The maximum absolute atomic E-state index is 12.5. The maximum Gasteiger partial charge on any atom is 0.276 e. The summed E-state index contributed by atoms with van der Waals surface area (Å²) in [5, 5.41) is 2.94. The second-order valence-electron chi connectivity index (χ2n) is 5.81. The van der Waals surface area contributed by atoms with E-state index < -0.39 is 11.8 Å². The standard InChI is InChI=1S/C19H18Br2ClN3O4S/c1-2-7-28-15-5-3-11(20)8-13(15)18(27)23-19(30)25-24-17(26)10-29-16-6-4-12(22)9-14(16)21/h3-6,8-9H,2,7,10H2,1H3,(H,24,26)(H2,23,25,27,30). The third kappa shape index (κ3) is 7.75. The highest BCUT2D eigenvalue weighted by Gasteiger charge is 2.15. The molecule has 0 spiro atoms. The van der Waals surface area contributed by atoms with E-state index in [0.717, 1.165) is 6.42 Å². The van der Waals surface area contributed by atoms with E-state index in [1.54, 1.807) is 36.4 Å². The fourth-order valence-corrected chi connectivity index (χ4v) is 3.42. The minimum atomic E-state index is -0.497. The first-order valence-electron chi connectivity index (χ1n) is 8.70. The molecule has 2 aromatic carbocycles. The number of benzene rings is 2. The molecule has 160 valence electrons. The van der Waals surface area contributed by atoms with E-state index in [9.17, 15) is 9.59 Å². The topological polar surface area (TPSA) is 88.7 Å². The van der Waals surface area contributed by atoms with Crippen molar-refractivity contribution in [1.82, 2.24) is 16.2 Å². The predicted molar refractivity (Wildman–Crippen MR) is 126 cm³/mol. The molecule has 11 heteroatoms. The largest absolute Gasteiger partial charge is 0.493 e. The number of hydrogen-bond acceptors (Lipinski definition) is 5. The number of carbonyl (C=O) groups excluding carboxylic acids is 2. The highest BCUT2D eigenvalue weighted by molar-refractivity contribution is 9.10. The fourth-order valence-electron chi connectivity index (χ4n) is 2.12. The smallest absolute Gasteiger partial charge is 0.276 e. The van der Waals surface area contributed by atoms with E-state index in [1.165, 1.54) is 0 Å². The van der Waals surface area contributed by atoms with Gasteiger partial charge in [0.05, 0.1) is 16.6 Å². The third-order valence-electron chi connectivity index (χ3n) is 3.44. The summed E-state index contributed by atoms with van der Waals surface area (Å²) in [4.78, 5) is 24.5. The molecular formula is C19H18Br2ClN3O4S. The third-order valence-corrected chi connectivity index (χ3v) is 5.00. The minimum absolute atomic E-state index is 0.0811. The molecule has 2 amide bonds. The number of carbonyl (C=O) groups is 2. The first kappa shape index (κ1) is 24.4. The lowest BCUT2D eigenvalue weighted by Gasteiger charge is -2.14. The monoisotopic (exact) mass is 577 g/mol. The van der Waals surface area contributed by atoms with Crippen molar-refractivity contribution >= 4 is 72.6 Å². The SMILES string of the molecule is CCCOc1ccc(Br)cc1C(=O)NC(=S)NNC(=O)COc1ccc(Cl)cc1Br. The molecule has 0 aliphatic heterocycles. The summed E-state index contributed by atoms with van der Waals surface area (Å²) >= 11 is 17.5. The molecule has 0 aliphatic carbocycles. The quantitative estimate of drug-likeness (QED) is 0.334. The molecule has 7 nitrogen and oxygen atoms in total. The molecule has 0 aliphatic rings. The number of hydrogen-bond donors (Lipinski definition) is 3. The van der Waals surface area contributed by atoms with Crippen LogP contribution < -0.4 is 25.6 Å². The van der Waals surface area contributed by atoms with Crippen LogP contribution in [0.1, 0.15) is 23.7 Å². The van der Waals surface area contributed by atoms with E-state index in [4.69, 9.17) is 33.3 Å². The maximum atomic E-state index is 12.5. The molecule has 3 N–H and O–H groups in total. The van der Waals surface area contributed by atoms with Crippen LogP contribution in [0.5, 0.6) is 11.5 Å². The molecular weight excluding hydrogens is 562 g/mol. The Morgan fingerprint density at radius 3 is 2.50 bits per heavy atom. The molecule has 0 radical (unpaired) electrons. The number of rotatable bonds is 7. The normalized spacial score (nSPS) is 10.1. The van der Waals surface area contributed by atoms with Crippen molar-refractivity contribution in [3.8, 4) is 11.5 Å². The molecule has 0 aromatic heterocycles. The van der Waals surface area contributed by atoms with Gasteiger partial charge in [-0.25, -0.2) is 0 Å². The molecule has 0 unspecified atom stereocenters. The Balaban J connectivity index is 1.84. The van der Waals surface area contributed by atoms with E-state index in [2.05, 4.69) is 48.0 Å². The molecule has 2 rings (SSSR count). The van der Waals surface area contributed by atoms with Gasteiger partial charge in [0.15, 0.2) is 11.7 Å². The summed E-state index contributed by atoms with van der Waals surface area (Å²) in [5.74, 6) is -0.0793. The van der Waals surface area contributed by atoms with E-state index in [-0.39, 0.29) is 11.7 Å². The fraction of sp³-hybridized carbons (Fsp3) is 0.211. The summed E-state index contributed by atoms with van der Waals surface area (Å²) in [6.45, 7) is 2.17. The van der Waals surface area contributed by atoms with Crippen molar-refractivity contribution < 1.29 is 19.1 Å². The zero-order chi connectivity index (χ0) is 22.1. The summed E-state index contributed by atoms with van der Waals surface area (Å²) in [6.07, 6.45) is 0.803. The van der Waals surface area contributed by atoms with Gasteiger partial charge in [-0.1, -0.05) is 34.5 Å². The van der Waals surface area contributed by atoms with Gasteiger partial charge in [0.1, 0.15) is 11.5 Å². The molecule has 2 aromatic rings. The molecule has 0 fully saturated rings. The van der Waals surface area contributed by atoms with E-state index in [1.807, 2.05) is 6.92 Å². The lowest BCUT2D eigenvalue weighted by atomic mass is 10.2. The van der Waals surface area contributed by atoms with Crippen LogP contribution in [0.2, 0.25) is 5.02 Å². The Morgan fingerprint density at radius 2 is 1.80 bits per heavy atom. The van der Waals surface area contributed by atoms with Gasteiger partial charge in [0.25, 0.3) is 11.8 Å². The van der Waals surface area contributed by atoms with Crippen LogP contribution in [0.15, 0.2) is 45.3 Å². The lowest BCUT2D eigenvalue weighted by Crippen LogP contribution is -2.49. The zero-order valence-corrected chi connectivity index (χ0v) is 20.5. The van der Waals surface area contributed by atoms with Gasteiger partial charge in [-0.3, -0.25) is 25.8 Å². The summed E-state index contributed by atoms with van der Waals surface area (Å²) in [7, 11) is 0. The Labute approximate surface area is 201 Å². The number of ether oxygens (including phenoxy) is 2. The molecule has 0 saturated carbocycles. The molecule has 0 saturated heterocycles. The average Bonchev–Trinajstić information content (AvgIpc) is 2.70. The zero-order valence-electron chi connectivity index (χ0n) is 15.8. The first-order valence-corrected chi connectivity index (χ1v) is 11.1. The Bertz CT molecular complexity index is 946. The number of nitrogens with one attached hydrogen (secondary N) is 3. The Hall–Kier alpha value is -1.88. The Morgan fingerprint density at radius 1 is 1.07 bits per heavy atom. The predicted octanol–water partition coefficient (Wildman–Crippen LogP) is 4.37. The van der Waals surface area contributed by atoms with Gasteiger partial charge >= 0.3 is 0 Å². The van der Waals surface area contributed by atoms with Crippen LogP contribution in [0.4, 0.5) is 0 Å². The summed E-state index contributed by atoms with van der Waals surface area (Å²) < 4.78 is 12.3. The van der Waals surface area contributed by atoms with Crippen molar-refractivity contribution in [2.24, 2.45) is 0 Å². The van der Waals surface area contributed by atoms with Crippen molar-refractivity contribution in [2.75, 3.05) is 13.2 Å². The number of halogens is 3. The minimum Gasteiger partial charge on any atom is -0.493 e. The van der Waals surface area contributed by atoms with E-state index >= 15 is 0 Å². The number of thiocarbonyl (C=S) groups is 1. The van der Waals surface area contributed by atoms with Gasteiger partial charge in [0, 0.05) is 9.50 Å². The highest BCUT2D eigenvalue weighted by atomic mass is 79.9. The van der Waals surface area contributed by atoms with Gasteiger partial charge in [-0.15, -0.1) is 0 Å². The first-order chi connectivity index (χ1) is 14.3. The van der Waals surface area contributed by atoms with E-state index in [0.29, 0.717) is 37.6 Å². The summed E-state index contributed by atoms with van der Waals surface area (Å²) in [6, 6.07) is 10.0. The van der Waals surface area contributed by atoms with Crippen LogP contribution >= 0.6 is 55.7 Å². The van der Waals surface area contributed by atoms with Crippen molar-refractivity contribution in [1.29, 1.82) is 0 Å². The second kappa shape index (κ2) is 12.1. The van der Waals surface area contributed by atoms with Crippen LogP contribution in [0.3, 0.4) is 0 Å². The highest BCUT2D eigenvalue weighted by Crippen LogP contribution is 2.27. The van der Waals surface area contributed by atoms with Gasteiger partial charge < -0.3 is 9.47 Å². The average molecular weight is 580 g/mol.